The van der Waals surface area contributed by atoms with Crippen molar-refractivity contribution in [3.63, 3.8) is 0 Å². The Kier molecular flexibility index (Phi) is 5.51. The molecule has 3 aromatic rings. The fourth-order valence-electron chi connectivity index (χ4n) is 3.31. The monoisotopic (exact) mass is 398 g/mol. The molecule has 1 unspecified atom stereocenters. The van der Waals surface area contributed by atoms with Crippen LogP contribution >= 0.6 is 0 Å². The molecule has 0 amide bonds. The summed E-state index contributed by atoms with van der Waals surface area (Å²) in [5, 5.41) is 16.4. The summed E-state index contributed by atoms with van der Waals surface area (Å²) in [5.41, 5.74) is 0.356. The van der Waals surface area contributed by atoms with Crippen molar-refractivity contribution in [2.75, 3.05) is 5.75 Å². The molecular weight excluding hydrogens is 376 g/mol. The first-order valence-electron chi connectivity index (χ1n) is 8.72. The number of aliphatic hydroxyl groups is 1. The number of benzene rings is 2. The predicted molar refractivity (Wildman–Crippen MR) is 107 cm³/mol. The molecule has 1 aromatic heterocycles. The van der Waals surface area contributed by atoms with Crippen molar-refractivity contribution < 1.29 is 18.3 Å². The highest BCUT2D eigenvalue weighted by molar-refractivity contribution is 7.89. The van der Waals surface area contributed by atoms with Crippen LogP contribution in [0.1, 0.15) is 27.3 Å². The summed E-state index contributed by atoms with van der Waals surface area (Å²) in [7, 11) is -2.23. The Hall–Kier alpha value is -2.74. The molecule has 1 atom stereocenters. The van der Waals surface area contributed by atoms with E-state index in [-0.39, 0.29) is 12.2 Å². The summed E-state index contributed by atoms with van der Waals surface area (Å²) >= 11 is 0. The molecular formula is C21H22N2O4S. The highest BCUT2D eigenvalue weighted by atomic mass is 32.2. The van der Waals surface area contributed by atoms with Crippen molar-refractivity contribution in [2.45, 2.75) is 12.0 Å². The number of sulfonamides is 1. The van der Waals surface area contributed by atoms with E-state index in [4.69, 9.17) is 5.14 Å². The Morgan fingerprint density at radius 1 is 1.00 bits per heavy atom. The third-order valence-corrected chi connectivity index (χ3v) is 5.60. The zero-order chi connectivity index (χ0) is 20.4. The fourth-order valence-corrected chi connectivity index (χ4v) is 4.25. The van der Waals surface area contributed by atoms with Crippen LogP contribution in [-0.4, -0.2) is 29.6 Å². The van der Waals surface area contributed by atoms with Crippen LogP contribution in [0.4, 0.5) is 0 Å². The van der Waals surface area contributed by atoms with Gasteiger partial charge >= 0.3 is 0 Å². The van der Waals surface area contributed by atoms with E-state index in [9.17, 15) is 18.3 Å². The highest BCUT2D eigenvalue weighted by Gasteiger charge is 2.35. The van der Waals surface area contributed by atoms with Gasteiger partial charge < -0.3 is 9.67 Å². The van der Waals surface area contributed by atoms with Gasteiger partial charge in [-0.15, -0.1) is 0 Å². The van der Waals surface area contributed by atoms with Crippen LogP contribution in [0.3, 0.4) is 0 Å². The molecule has 0 aliphatic heterocycles. The lowest BCUT2D eigenvalue weighted by molar-refractivity contribution is 0.0592. The number of ketones is 1. The normalized spacial score (nSPS) is 13.8. The minimum Gasteiger partial charge on any atom is -0.384 e. The maximum atomic E-state index is 12.7. The van der Waals surface area contributed by atoms with Gasteiger partial charge in [0, 0.05) is 24.7 Å². The van der Waals surface area contributed by atoms with E-state index in [0.717, 1.165) is 0 Å². The fraction of sp³-hybridized carbons (Fsp3) is 0.190. The molecule has 1 heterocycles. The van der Waals surface area contributed by atoms with E-state index in [1.807, 2.05) is 6.07 Å². The van der Waals surface area contributed by atoms with E-state index >= 15 is 0 Å². The van der Waals surface area contributed by atoms with E-state index in [1.165, 1.54) is 0 Å². The van der Waals surface area contributed by atoms with Crippen LogP contribution in [0, 0.1) is 0 Å². The van der Waals surface area contributed by atoms with E-state index < -0.39 is 21.4 Å². The molecule has 0 aliphatic rings. The molecule has 0 aliphatic carbocycles. The van der Waals surface area contributed by atoms with Crippen LogP contribution in [0.15, 0.2) is 72.8 Å². The summed E-state index contributed by atoms with van der Waals surface area (Å²) in [6.07, 6.45) is -0.00792. The van der Waals surface area contributed by atoms with Crippen LogP contribution in [0.25, 0.3) is 0 Å². The van der Waals surface area contributed by atoms with Gasteiger partial charge in [-0.2, -0.15) is 0 Å². The molecule has 2 aromatic carbocycles. The maximum absolute atomic E-state index is 12.7. The molecule has 146 valence electrons. The van der Waals surface area contributed by atoms with Crippen molar-refractivity contribution >= 4 is 15.8 Å². The second-order valence-electron chi connectivity index (χ2n) is 6.85. The van der Waals surface area contributed by atoms with Crippen LogP contribution in [0.2, 0.25) is 0 Å². The average Bonchev–Trinajstić information content (AvgIpc) is 3.01. The lowest BCUT2D eigenvalue weighted by Crippen LogP contribution is -2.39. The Morgan fingerprint density at radius 3 is 2.14 bits per heavy atom. The summed E-state index contributed by atoms with van der Waals surface area (Å²) in [6.45, 7) is 0. The number of primary sulfonamides is 1. The Balaban J connectivity index is 1.97. The van der Waals surface area contributed by atoms with Crippen molar-refractivity contribution in [3.05, 3.63) is 95.3 Å². The van der Waals surface area contributed by atoms with Gasteiger partial charge in [-0.1, -0.05) is 60.7 Å². The molecule has 0 saturated heterocycles. The van der Waals surface area contributed by atoms with Crippen molar-refractivity contribution in [2.24, 2.45) is 12.2 Å². The first-order chi connectivity index (χ1) is 13.2. The number of rotatable bonds is 7. The van der Waals surface area contributed by atoms with Gasteiger partial charge in [0.05, 0.1) is 11.4 Å². The van der Waals surface area contributed by atoms with Gasteiger partial charge in [-0.05, 0) is 17.7 Å². The molecule has 28 heavy (non-hydrogen) atoms. The van der Waals surface area contributed by atoms with E-state index in [1.54, 1.807) is 78.3 Å². The Labute approximate surface area is 164 Å². The van der Waals surface area contributed by atoms with Crippen molar-refractivity contribution in [1.29, 1.82) is 0 Å². The standard InChI is InChI=1S/C21H22N2O4S/c1-23-18(12-13-19(23)20(24)16-8-4-2-5-9-16)14-21(25,15-28(22,26)27)17-10-6-3-7-11-17/h2-13,25H,14-15H2,1H3,(H2,22,26,27). The van der Waals surface area contributed by atoms with E-state index in [0.29, 0.717) is 22.5 Å². The van der Waals surface area contributed by atoms with Crippen LogP contribution in [-0.2, 0) is 29.1 Å². The lowest BCUT2D eigenvalue weighted by atomic mass is 9.91. The minimum absolute atomic E-state index is 0.00792. The third-order valence-electron chi connectivity index (χ3n) is 4.72. The summed E-state index contributed by atoms with van der Waals surface area (Å²) in [6, 6.07) is 20.8. The Morgan fingerprint density at radius 2 is 1.57 bits per heavy atom. The SMILES string of the molecule is Cn1c(CC(O)(CS(N)(=O)=O)c2ccccc2)ccc1C(=O)c1ccccc1. The molecule has 0 spiro atoms. The largest absolute Gasteiger partial charge is 0.384 e. The smallest absolute Gasteiger partial charge is 0.212 e. The van der Waals surface area contributed by atoms with Crippen molar-refractivity contribution in [1.82, 2.24) is 4.57 Å². The summed E-state index contributed by atoms with van der Waals surface area (Å²) < 4.78 is 25.2. The molecule has 7 heteroatoms. The van der Waals surface area contributed by atoms with Gasteiger partial charge in [0.1, 0.15) is 5.60 Å². The molecule has 3 rings (SSSR count). The number of carbonyl (C=O) groups excluding carboxylic acids is 1. The number of hydrogen-bond donors (Lipinski definition) is 2. The molecule has 0 radical (unpaired) electrons. The second-order valence-corrected chi connectivity index (χ2v) is 8.46. The number of nitrogens with zero attached hydrogens (tertiary/aromatic N) is 1. The quantitative estimate of drug-likeness (QED) is 0.594. The first kappa shape index (κ1) is 20.0. The number of aromatic nitrogens is 1. The van der Waals surface area contributed by atoms with Crippen molar-refractivity contribution in [3.8, 4) is 0 Å². The minimum atomic E-state index is -3.94. The average molecular weight is 398 g/mol. The Bertz CT molecular complexity index is 1080. The molecule has 0 saturated carbocycles. The van der Waals surface area contributed by atoms with Gasteiger partial charge in [0.15, 0.2) is 0 Å². The number of hydrogen-bond acceptors (Lipinski definition) is 4. The molecule has 0 fully saturated rings. The molecule has 0 bridgehead atoms. The zero-order valence-electron chi connectivity index (χ0n) is 15.4. The first-order valence-corrected chi connectivity index (χ1v) is 10.4. The third kappa shape index (κ3) is 4.39. The van der Waals surface area contributed by atoms with Crippen LogP contribution < -0.4 is 5.14 Å². The maximum Gasteiger partial charge on any atom is 0.212 e. The topological polar surface area (TPSA) is 102 Å². The van der Waals surface area contributed by atoms with Gasteiger partial charge in [-0.3, -0.25) is 4.79 Å². The highest BCUT2D eigenvalue weighted by Crippen LogP contribution is 2.28. The predicted octanol–water partition coefficient (Wildman–Crippen LogP) is 1.97. The summed E-state index contributed by atoms with van der Waals surface area (Å²) in [5.74, 6) is -0.777. The van der Waals surface area contributed by atoms with Crippen LogP contribution in [0.5, 0.6) is 0 Å². The van der Waals surface area contributed by atoms with E-state index in [2.05, 4.69) is 0 Å². The zero-order valence-corrected chi connectivity index (χ0v) is 16.3. The van der Waals surface area contributed by atoms with Gasteiger partial charge in [0.25, 0.3) is 0 Å². The molecule has 3 N–H and O–H groups in total. The summed E-state index contributed by atoms with van der Waals surface area (Å²) in [4.78, 5) is 12.7. The van der Waals surface area contributed by atoms with Gasteiger partial charge in [-0.25, -0.2) is 13.6 Å². The molecule has 6 nitrogen and oxygen atoms in total. The van der Waals surface area contributed by atoms with Gasteiger partial charge in [0.2, 0.25) is 15.8 Å². The number of carbonyl (C=O) groups is 1. The number of nitrogens with two attached hydrogens (primary N) is 1. The lowest BCUT2D eigenvalue weighted by Gasteiger charge is -2.28. The second kappa shape index (κ2) is 7.71.